The highest BCUT2D eigenvalue weighted by molar-refractivity contribution is 5.68. The molecule has 0 bridgehead atoms. The van der Waals surface area contributed by atoms with Crippen LogP contribution in [0.5, 0.6) is 11.5 Å². The minimum absolute atomic E-state index is 0.141. The molecule has 0 saturated carbocycles. The molecule has 0 unspecified atom stereocenters. The second-order valence-corrected chi connectivity index (χ2v) is 5.23. The maximum absolute atomic E-state index is 10.8. The van der Waals surface area contributed by atoms with Crippen molar-refractivity contribution in [3.05, 3.63) is 18.2 Å². The Hall–Kier alpha value is -1.91. The summed E-state index contributed by atoms with van der Waals surface area (Å²) in [5.41, 5.74) is 0.997. The molecule has 1 aliphatic rings. The molecule has 0 aromatic heterocycles. The van der Waals surface area contributed by atoms with Crippen molar-refractivity contribution in [2.75, 3.05) is 24.8 Å². The number of rotatable bonds is 9. The van der Waals surface area contributed by atoms with Crippen LogP contribution in [0.15, 0.2) is 18.2 Å². The first-order chi connectivity index (χ1) is 10.2. The zero-order chi connectivity index (χ0) is 15.1. The van der Waals surface area contributed by atoms with Gasteiger partial charge >= 0.3 is 5.97 Å². The van der Waals surface area contributed by atoms with Crippen molar-refractivity contribution in [1.29, 1.82) is 0 Å². The lowest BCUT2D eigenvalue weighted by atomic mass is 10.1. The average Bonchev–Trinajstić information content (AvgIpc) is 2.93. The highest BCUT2D eigenvalue weighted by Gasteiger charge is 2.16. The Morgan fingerprint density at radius 1 is 1.19 bits per heavy atom. The maximum atomic E-state index is 10.8. The minimum atomic E-state index is -0.769. The standard InChI is InChI=1S/C16H23NO4/c1-2-3-4-5-9-17(10-8-16(18)19)13-6-7-14-15(11-13)21-12-20-14/h6-7,11H,2-5,8-10,12H2,1H3,(H,18,19). The summed E-state index contributed by atoms with van der Waals surface area (Å²) in [6.07, 6.45) is 4.79. The van der Waals surface area contributed by atoms with Crippen molar-refractivity contribution in [3.63, 3.8) is 0 Å². The van der Waals surface area contributed by atoms with Crippen molar-refractivity contribution >= 4 is 11.7 Å². The van der Waals surface area contributed by atoms with Gasteiger partial charge in [-0.15, -0.1) is 0 Å². The molecule has 1 aromatic carbocycles. The fourth-order valence-electron chi connectivity index (χ4n) is 2.41. The van der Waals surface area contributed by atoms with E-state index < -0.39 is 5.97 Å². The van der Waals surface area contributed by atoms with E-state index in [-0.39, 0.29) is 13.2 Å². The van der Waals surface area contributed by atoms with Gasteiger partial charge in [-0.2, -0.15) is 0 Å². The Labute approximate surface area is 125 Å². The molecule has 0 saturated heterocycles. The summed E-state index contributed by atoms with van der Waals surface area (Å²) < 4.78 is 10.7. The van der Waals surface area contributed by atoms with Gasteiger partial charge in [-0.3, -0.25) is 4.79 Å². The molecule has 21 heavy (non-hydrogen) atoms. The third kappa shape index (κ3) is 4.55. The highest BCUT2D eigenvalue weighted by Crippen LogP contribution is 2.35. The quantitative estimate of drug-likeness (QED) is 0.708. The van der Waals surface area contributed by atoms with Crippen molar-refractivity contribution in [3.8, 4) is 11.5 Å². The second kappa shape index (κ2) is 7.76. The van der Waals surface area contributed by atoms with Gasteiger partial charge in [0, 0.05) is 24.8 Å². The summed E-state index contributed by atoms with van der Waals surface area (Å²) in [6.45, 7) is 3.82. The van der Waals surface area contributed by atoms with Crippen LogP contribution in [0.4, 0.5) is 5.69 Å². The number of hydrogen-bond acceptors (Lipinski definition) is 4. The van der Waals surface area contributed by atoms with Gasteiger partial charge < -0.3 is 19.5 Å². The molecule has 0 atom stereocenters. The molecular weight excluding hydrogens is 270 g/mol. The van der Waals surface area contributed by atoms with Crippen LogP contribution in [0.3, 0.4) is 0 Å². The molecule has 1 heterocycles. The fourth-order valence-corrected chi connectivity index (χ4v) is 2.41. The first-order valence-electron chi connectivity index (χ1n) is 7.57. The average molecular weight is 293 g/mol. The van der Waals surface area contributed by atoms with Crippen molar-refractivity contribution < 1.29 is 19.4 Å². The number of fused-ring (bicyclic) bond motifs is 1. The van der Waals surface area contributed by atoms with E-state index in [2.05, 4.69) is 11.8 Å². The molecule has 1 N–H and O–H groups in total. The molecule has 1 aliphatic heterocycles. The predicted octanol–water partition coefficient (Wildman–Crippen LogP) is 3.28. The van der Waals surface area contributed by atoms with E-state index >= 15 is 0 Å². The largest absolute Gasteiger partial charge is 0.481 e. The highest BCUT2D eigenvalue weighted by atomic mass is 16.7. The summed E-state index contributed by atoms with van der Waals surface area (Å²) in [7, 11) is 0. The molecule has 0 amide bonds. The van der Waals surface area contributed by atoms with E-state index in [1.54, 1.807) is 0 Å². The zero-order valence-electron chi connectivity index (χ0n) is 12.5. The normalized spacial score (nSPS) is 12.4. The third-order valence-electron chi connectivity index (χ3n) is 3.60. The summed E-state index contributed by atoms with van der Waals surface area (Å²) in [6, 6.07) is 5.79. The Morgan fingerprint density at radius 3 is 2.76 bits per heavy atom. The molecule has 0 radical (unpaired) electrons. The van der Waals surface area contributed by atoms with Crippen LogP contribution in [0.2, 0.25) is 0 Å². The summed E-state index contributed by atoms with van der Waals surface area (Å²) in [5, 5.41) is 8.90. The van der Waals surface area contributed by atoms with Gasteiger partial charge in [-0.25, -0.2) is 0 Å². The van der Waals surface area contributed by atoms with Crippen LogP contribution in [0.25, 0.3) is 0 Å². The van der Waals surface area contributed by atoms with E-state index in [0.29, 0.717) is 6.54 Å². The number of carboxylic acids is 1. The molecule has 2 rings (SSSR count). The molecule has 5 heteroatoms. The Bertz CT molecular complexity index is 475. The van der Waals surface area contributed by atoms with E-state index in [4.69, 9.17) is 14.6 Å². The summed E-state index contributed by atoms with van der Waals surface area (Å²) in [5.74, 6) is 0.721. The topological polar surface area (TPSA) is 59.0 Å². The van der Waals surface area contributed by atoms with Crippen LogP contribution in [0, 0.1) is 0 Å². The van der Waals surface area contributed by atoms with E-state index in [9.17, 15) is 4.79 Å². The number of aliphatic carboxylic acids is 1. The molecule has 0 spiro atoms. The number of unbranched alkanes of at least 4 members (excludes halogenated alkanes) is 3. The molecule has 1 aromatic rings. The van der Waals surface area contributed by atoms with Crippen molar-refractivity contribution in [1.82, 2.24) is 0 Å². The number of nitrogens with zero attached hydrogens (tertiary/aromatic N) is 1. The predicted molar refractivity (Wildman–Crippen MR) is 81.2 cm³/mol. The second-order valence-electron chi connectivity index (χ2n) is 5.23. The van der Waals surface area contributed by atoms with Crippen LogP contribution < -0.4 is 14.4 Å². The van der Waals surface area contributed by atoms with Crippen molar-refractivity contribution in [2.45, 2.75) is 39.0 Å². The molecule has 5 nitrogen and oxygen atoms in total. The summed E-state index contributed by atoms with van der Waals surface area (Å²) >= 11 is 0. The monoisotopic (exact) mass is 293 g/mol. The lowest BCUT2D eigenvalue weighted by Crippen LogP contribution is -2.27. The van der Waals surface area contributed by atoms with Crippen molar-refractivity contribution in [2.24, 2.45) is 0 Å². The Morgan fingerprint density at radius 2 is 2.00 bits per heavy atom. The first kappa shape index (κ1) is 15.5. The smallest absolute Gasteiger partial charge is 0.305 e. The van der Waals surface area contributed by atoms with Crippen LogP contribution in [0.1, 0.15) is 39.0 Å². The Kier molecular flexibility index (Phi) is 5.72. The number of benzene rings is 1. The lowest BCUT2D eigenvalue weighted by molar-refractivity contribution is -0.136. The number of anilines is 1. The summed E-state index contributed by atoms with van der Waals surface area (Å²) in [4.78, 5) is 12.9. The molecular formula is C16H23NO4. The van der Waals surface area contributed by atoms with E-state index in [1.165, 1.54) is 19.3 Å². The number of carboxylic acid groups (broad SMARTS) is 1. The number of carbonyl (C=O) groups is 1. The first-order valence-corrected chi connectivity index (χ1v) is 7.57. The van der Waals surface area contributed by atoms with E-state index in [1.807, 2.05) is 18.2 Å². The van der Waals surface area contributed by atoms with Gasteiger partial charge in [0.1, 0.15) is 0 Å². The zero-order valence-corrected chi connectivity index (χ0v) is 12.5. The fraction of sp³-hybridized carbons (Fsp3) is 0.562. The van der Waals surface area contributed by atoms with Gasteiger partial charge in [-0.1, -0.05) is 26.2 Å². The van der Waals surface area contributed by atoms with Crippen LogP contribution in [-0.2, 0) is 4.79 Å². The number of hydrogen-bond donors (Lipinski definition) is 1. The van der Waals surface area contributed by atoms with Crippen LogP contribution >= 0.6 is 0 Å². The van der Waals surface area contributed by atoms with Gasteiger partial charge in [-0.05, 0) is 18.6 Å². The molecule has 0 aliphatic carbocycles. The van der Waals surface area contributed by atoms with Gasteiger partial charge in [0.2, 0.25) is 6.79 Å². The molecule has 0 fully saturated rings. The van der Waals surface area contributed by atoms with Gasteiger partial charge in [0.25, 0.3) is 0 Å². The Balaban J connectivity index is 2.00. The molecule has 116 valence electrons. The van der Waals surface area contributed by atoms with Gasteiger partial charge in [0.05, 0.1) is 6.42 Å². The van der Waals surface area contributed by atoms with E-state index in [0.717, 1.165) is 30.2 Å². The van der Waals surface area contributed by atoms with Crippen LogP contribution in [-0.4, -0.2) is 31.0 Å². The third-order valence-corrected chi connectivity index (χ3v) is 3.60. The SMILES string of the molecule is CCCCCCN(CCC(=O)O)c1ccc2c(c1)OCO2. The number of ether oxygens (including phenoxy) is 2. The minimum Gasteiger partial charge on any atom is -0.481 e. The lowest BCUT2D eigenvalue weighted by Gasteiger charge is -2.24. The van der Waals surface area contributed by atoms with Gasteiger partial charge in [0.15, 0.2) is 11.5 Å². The maximum Gasteiger partial charge on any atom is 0.305 e.